The normalized spacial score (nSPS) is 23.3. The Morgan fingerprint density at radius 3 is 2.96 bits per heavy atom. The molecule has 2 fully saturated rings. The van der Waals surface area contributed by atoms with Gasteiger partial charge in [0.2, 0.25) is 0 Å². The standard InChI is InChI=1S/C22H31N3O2/c1-27-14-13-25-12-9-17-15-18(7-8-21(17)25)22(26)23-16-19-5-4-11-24-10-3-2-6-20(19)24/h7-9,12,15,19-20H,2-6,10-11,13-14,16H2,1H3,(H,23,26)/t19-,20+/m0/s1. The molecule has 27 heavy (non-hydrogen) atoms. The Morgan fingerprint density at radius 2 is 2.07 bits per heavy atom. The molecule has 2 aliphatic heterocycles. The Bertz CT molecular complexity index is 783. The maximum absolute atomic E-state index is 12.7. The van der Waals surface area contributed by atoms with Crippen LogP contribution < -0.4 is 5.32 Å². The van der Waals surface area contributed by atoms with Gasteiger partial charge in [-0.15, -0.1) is 0 Å². The zero-order chi connectivity index (χ0) is 18.6. The summed E-state index contributed by atoms with van der Waals surface area (Å²) >= 11 is 0. The lowest BCUT2D eigenvalue weighted by Gasteiger charge is -2.44. The minimum atomic E-state index is 0.0504. The van der Waals surface area contributed by atoms with Crippen molar-refractivity contribution in [3.63, 3.8) is 0 Å². The molecule has 4 rings (SSSR count). The minimum Gasteiger partial charge on any atom is -0.383 e. The number of benzene rings is 1. The molecular weight excluding hydrogens is 338 g/mol. The smallest absolute Gasteiger partial charge is 0.251 e. The van der Waals surface area contributed by atoms with Crippen LogP contribution in [0.3, 0.4) is 0 Å². The molecule has 2 atom stereocenters. The van der Waals surface area contributed by atoms with Gasteiger partial charge < -0.3 is 19.5 Å². The van der Waals surface area contributed by atoms with E-state index in [9.17, 15) is 4.79 Å². The van der Waals surface area contributed by atoms with Crippen LogP contribution in [0.25, 0.3) is 10.9 Å². The van der Waals surface area contributed by atoms with Crippen LogP contribution in [0.4, 0.5) is 0 Å². The molecule has 0 spiro atoms. The van der Waals surface area contributed by atoms with E-state index in [0.29, 0.717) is 18.6 Å². The van der Waals surface area contributed by atoms with Gasteiger partial charge in [-0.25, -0.2) is 0 Å². The van der Waals surface area contributed by atoms with Crippen LogP contribution in [0, 0.1) is 5.92 Å². The lowest BCUT2D eigenvalue weighted by molar-refractivity contribution is 0.0575. The maximum atomic E-state index is 12.7. The SMILES string of the molecule is COCCn1ccc2cc(C(=O)NC[C@@H]3CCCN4CCCC[C@H]34)ccc21. The summed E-state index contributed by atoms with van der Waals surface area (Å²) in [5.74, 6) is 0.649. The fourth-order valence-electron chi connectivity index (χ4n) is 4.87. The predicted molar refractivity (Wildman–Crippen MR) is 108 cm³/mol. The van der Waals surface area contributed by atoms with Gasteiger partial charge in [0.05, 0.1) is 6.61 Å². The van der Waals surface area contributed by atoms with Gasteiger partial charge in [-0.1, -0.05) is 6.42 Å². The molecule has 0 aliphatic carbocycles. The molecule has 1 amide bonds. The lowest BCUT2D eigenvalue weighted by Crippen LogP contribution is -2.51. The van der Waals surface area contributed by atoms with Crippen LogP contribution in [0.2, 0.25) is 0 Å². The number of rotatable bonds is 6. The number of carbonyl (C=O) groups excluding carboxylic acids is 1. The summed E-state index contributed by atoms with van der Waals surface area (Å²) in [4.78, 5) is 15.4. The first-order valence-electron chi connectivity index (χ1n) is 10.4. The van der Waals surface area contributed by atoms with Crippen LogP contribution in [0.5, 0.6) is 0 Å². The Labute approximate surface area is 161 Å². The highest BCUT2D eigenvalue weighted by molar-refractivity contribution is 5.98. The van der Waals surface area contributed by atoms with Gasteiger partial charge in [-0.3, -0.25) is 4.79 Å². The molecule has 0 radical (unpaired) electrons. The molecule has 1 N–H and O–H groups in total. The molecule has 0 saturated carbocycles. The number of hydrogen-bond donors (Lipinski definition) is 1. The van der Waals surface area contributed by atoms with Crippen LogP contribution in [0.1, 0.15) is 42.5 Å². The van der Waals surface area contributed by atoms with Crippen LogP contribution in [-0.4, -0.2) is 54.8 Å². The third kappa shape index (κ3) is 4.04. The monoisotopic (exact) mass is 369 g/mol. The summed E-state index contributed by atoms with van der Waals surface area (Å²) in [6, 6.07) is 8.73. The summed E-state index contributed by atoms with van der Waals surface area (Å²) in [7, 11) is 1.72. The number of ether oxygens (including phenoxy) is 1. The van der Waals surface area contributed by atoms with E-state index in [1.807, 2.05) is 18.2 Å². The van der Waals surface area contributed by atoms with E-state index < -0.39 is 0 Å². The lowest BCUT2D eigenvalue weighted by atomic mass is 9.83. The van der Waals surface area contributed by atoms with E-state index in [-0.39, 0.29) is 5.91 Å². The largest absolute Gasteiger partial charge is 0.383 e. The van der Waals surface area contributed by atoms with Crippen molar-refractivity contribution in [2.45, 2.75) is 44.7 Å². The summed E-state index contributed by atoms with van der Waals surface area (Å²) in [5, 5.41) is 4.32. The Balaban J connectivity index is 1.39. The van der Waals surface area contributed by atoms with E-state index in [4.69, 9.17) is 4.74 Å². The van der Waals surface area contributed by atoms with Gasteiger partial charge in [-0.2, -0.15) is 0 Å². The van der Waals surface area contributed by atoms with Gasteiger partial charge in [0.1, 0.15) is 0 Å². The minimum absolute atomic E-state index is 0.0504. The molecule has 1 aromatic heterocycles. The second kappa shape index (κ2) is 8.44. The third-order valence-corrected chi connectivity index (χ3v) is 6.32. The van der Waals surface area contributed by atoms with Gasteiger partial charge >= 0.3 is 0 Å². The van der Waals surface area contributed by atoms with Crippen molar-refractivity contribution < 1.29 is 9.53 Å². The van der Waals surface area contributed by atoms with Crippen molar-refractivity contribution in [3.8, 4) is 0 Å². The number of aromatic nitrogens is 1. The summed E-state index contributed by atoms with van der Waals surface area (Å²) in [5.41, 5.74) is 1.90. The van der Waals surface area contributed by atoms with Crippen molar-refractivity contribution in [1.29, 1.82) is 0 Å². The number of nitrogens with one attached hydrogen (secondary N) is 1. The molecule has 5 nitrogen and oxygen atoms in total. The van der Waals surface area contributed by atoms with Crippen molar-refractivity contribution in [3.05, 3.63) is 36.0 Å². The molecule has 0 bridgehead atoms. The van der Waals surface area contributed by atoms with Crippen molar-refractivity contribution in [2.24, 2.45) is 5.92 Å². The van der Waals surface area contributed by atoms with Crippen molar-refractivity contribution >= 4 is 16.8 Å². The third-order valence-electron chi connectivity index (χ3n) is 6.32. The maximum Gasteiger partial charge on any atom is 0.251 e. The summed E-state index contributed by atoms with van der Waals surface area (Å²) in [6.07, 6.45) is 8.52. The zero-order valence-corrected chi connectivity index (χ0v) is 16.3. The number of nitrogens with zero attached hydrogens (tertiary/aromatic N) is 2. The first-order valence-corrected chi connectivity index (χ1v) is 10.4. The van der Waals surface area contributed by atoms with Crippen LogP contribution >= 0.6 is 0 Å². The summed E-state index contributed by atoms with van der Waals surface area (Å²) < 4.78 is 7.33. The van der Waals surface area contributed by atoms with Gasteiger partial charge in [0.15, 0.2) is 0 Å². The number of amides is 1. The fraction of sp³-hybridized carbons (Fsp3) is 0.591. The van der Waals surface area contributed by atoms with Crippen molar-refractivity contribution in [1.82, 2.24) is 14.8 Å². The molecule has 2 saturated heterocycles. The van der Waals surface area contributed by atoms with Gasteiger partial charge in [0.25, 0.3) is 5.91 Å². The van der Waals surface area contributed by atoms with Crippen molar-refractivity contribution in [2.75, 3.05) is 33.4 Å². The topological polar surface area (TPSA) is 46.5 Å². The Hall–Kier alpha value is -1.85. The average molecular weight is 370 g/mol. The Morgan fingerprint density at radius 1 is 1.19 bits per heavy atom. The molecule has 146 valence electrons. The highest BCUT2D eigenvalue weighted by Crippen LogP contribution is 2.30. The number of methoxy groups -OCH3 is 1. The van der Waals surface area contributed by atoms with Gasteiger partial charge in [-0.05, 0) is 69.0 Å². The molecule has 2 aromatic rings. The number of piperidine rings is 2. The molecule has 3 heterocycles. The predicted octanol–water partition coefficient (Wildman–Crippen LogP) is 3.28. The first kappa shape index (κ1) is 18.5. The van der Waals surface area contributed by atoms with Gasteiger partial charge in [0, 0.05) is 48.9 Å². The highest BCUT2D eigenvalue weighted by atomic mass is 16.5. The highest BCUT2D eigenvalue weighted by Gasteiger charge is 2.32. The fourth-order valence-corrected chi connectivity index (χ4v) is 4.87. The molecule has 5 heteroatoms. The number of carbonyl (C=O) groups is 1. The quantitative estimate of drug-likeness (QED) is 0.850. The first-order chi connectivity index (χ1) is 13.3. The van der Waals surface area contributed by atoms with Crippen LogP contribution in [-0.2, 0) is 11.3 Å². The van der Waals surface area contributed by atoms with E-state index >= 15 is 0 Å². The van der Waals surface area contributed by atoms with E-state index in [2.05, 4.69) is 27.0 Å². The average Bonchev–Trinajstić information content (AvgIpc) is 3.12. The van der Waals surface area contributed by atoms with E-state index in [1.54, 1.807) is 7.11 Å². The molecule has 0 unspecified atom stereocenters. The van der Waals surface area contributed by atoms with Crippen LogP contribution in [0.15, 0.2) is 30.5 Å². The molecule has 2 aliphatic rings. The molecule has 1 aromatic carbocycles. The second-order valence-electron chi connectivity index (χ2n) is 7.99. The number of fused-ring (bicyclic) bond motifs is 2. The summed E-state index contributed by atoms with van der Waals surface area (Å²) in [6.45, 7) is 4.79. The van der Waals surface area contributed by atoms with E-state index in [0.717, 1.165) is 29.6 Å². The molecular formula is C22H31N3O2. The van der Waals surface area contributed by atoms with E-state index in [1.165, 1.54) is 45.2 Å². The number of hydrogen-bond acceptors (Lipinski definition) is 3. The second-order valence-corrected chi connectivity index (χ2v) is 7.99. The Kier molecular flexibility index (Phi) is 5.79. The zero-order valence-electron chi connectivity index (χ0n) is 16.3.